The average molecular weight is 222 g/mol. The van der Waals surface area contributed by atoms with E-state index >= 15 is 0 Å². The second kappa shape index (κ2) is 6.09. The third-order valence-electron chi connectivity index (χ3n) is 2.39. The maximum Gasteiger partial charge on any atom is 0.124 e. The van der Waals surface area contributed by atoms with Crippen LogP contribution >= 0.6 is 0 Å². The summed E-state index contributed by atoms with van der Waals surface area (Å²) in [5.41, 5.74) is 1.06. The maximum atomic E-state index is 12.9. The minimum absolute atomic E-state index is 0.111. The molecule has 0 saturated heterocycles. The number of nitriles is 1. The fraction of sp³-hybridized carbons (Fsp3) is 0.417. The zero-order chi connectivity index (χ0) is 12.0. The molecule has 0 aliphatic heterocycles. The van der Waals surface area contributed by atoms with Crippen LogP contribution in [0.1, 0.15) is 18.9 Å². The fourth-order valence-corrected chi connectivity index (χ4v) is 1.58. The molecule has 0 radical (unpaired) electrons. The SMILES string of the molecule is CCN(CCCO)c1ccc(F)cc1C#N. The van der Waals surface area contributed by atoms with E-state index in [-0.39, 0.29) is 6.61 Å². The van der Waals surface area contributed by atoms with Gasteiger partial charge < -0.3 is 10.0 Å². The summed E-state index contributed by atoms with van der Waals surface area (Å²) in [6.07, 6.45) is 0.635. The summed E-state index contributed by atoms with van der Waals surface area (Å²) in [6.45, 7) is 3.45. The predicted molar refractivity (Wildman–Crippen MR) is 60.7 cm³/mol. The lowest BCUT2D eigenvalue weighted by molar-refractivity contribution is 0.289. The highest BCUT2D eigenvalue weighted by atomic mass is 19.1. The first kappa shape index (κ1) is 12.5. The third kappa shape index (κ3) is 2.94. The summed E-state index contributed by atoms with van der Waals surface area (Å²) in [4.78, 5) is 1.95. The Bertz CT molecular complexity index is 387. The Morgan fingerprint density at radius 3 is 2.81 bits per heavy atom. The van der Waals surface area contributed by atoms with Crippen LogP contribution in [0.25, 0.3) is 0 Å². The Labute approximate surface area is 94.7 Å². The van der Waals surface area contributed by atoms with Gasteiger partial charge in [-0.2, -0.15) is 5.26 Å². The second-order valence-electron chi connectivity index (χ2n) is 3.43. The lowest BCUT2D eigenvalue weighted by atomic mass is 10.1. The molecular formula is C12H15FN2O. The fourth-order valence-electron chi connectivity index (χ4n) is 1.58. The number of benzene rings is 1. The molecule has 0 heterocycles. The van der Waals surface area contributed by atoms with Crippen molar-refractivity contribution >= 4 is 5.69 Å². The molecule has 0 spiro atoms. The van der Waals surface area contributed by atoms with Crippen molar-refractivity contribution in [2.45, 2.75) is 13.3 Å². The van der Waals surface area contributed by atoms with Crippen LogP contribution in [-0.2, 0) is 0 Å². The van der Waals surface area contributed by atoms with E-state index in [2.05, 4.69) is 0 Å². The van der Waals surface area contributed by atoms with E-state index in [4.69, 9.17) is 10.4 Å². The van der Waals surface area contributed by atoms with Crippen molar-refractivity contribution in [2.75, 3.05) is 24.6 Å². The molecule has 16 heavy (non-hydrogen) atoms. The van der Waals surface area contributed by atoms with E-state index in [1.165, 1.54) is 12.1 Å². The van der Waals surface area contributed by atoms with Crippen LogP contribution in [0.2, 0.25) is 0 Å². The number of anilines is 1. The van der Waals surface area contributed by atoms with Gasteiger partial charge in [-0.15, -0.1) is 0 Å². The van der Waals surface area contributed by atoms with Gasteiger partial charge in [-0.3, -0.25) is 0 Å². The molecule has 0 fully saturated rings. The van der Waals surface area contributed by atoms with Crippen LogP contribution in [0.4, 0.5) is 10.1 Å². The Morgan fingerprint density at radius 2 is 2.25 bits per heavy atom. The summed E-state index contributed by atoms with van der Waals surface area (Å²) >= 11 is 0. The number of hydrogen-bond acceptors (Lipinski definition) is 3. The summed E-state index contributed by atoms with van der Waals surface area (Å²) < 4.78 is 12.9. The van der Waals surface area contributed by atoms with Gasteiger partial charge in [0.05, 0.1) is 11.3 Å². The summed E-state index contributed by atoms with van der Waals surface area (Å²) in [6, 6.07) is 6.17. The smallest absolute Gasteiger partial charge is 0.124 e. The molecule has 1 aromatic rings. The molecule has 0 atom stereocenters. The van der Waals surface area contributed by atoms with Gasteiger partial charge in [-0.25, -0.2) is 4.39 Å². The van der Waals surface area contributed by atoms with Crippen molar-refractivity contribution in [2.24, 2.45) is 0 Å². The number of aliphatic hydroxyl groups excluding tert-OH is 1. The van der Waals surface area contributed by atoms with Gasteiger partial charge in [0.25, 0.3) is 0 Å². The number of halogens is 1. The molecule has 0 aromatic heterocycles. The van der Waals surface area contributed by atoms with Crippen molar-refractivity contribution in [3.63, 3.8) is 0 Å². The standard InChI is InChI=1S/C12H15FN2O/c1-2-15(6-3-7-16)12-5-4-11(13)8-10(12)9-14/h4-5,8,16H,2-3,6-7H2,1H3. The van der Waals surface area contributed by atoms with E-state index in [0.717, 1.165) is 12.2 Å². The van der Waals surface area contributed by atoms with Gasteiger partial charge in [-0.05, 0) is 31.5 Å². The largest absolute Gasteiger partial charge is 0.396 e. The molecular weight excluding hydrogens is 207 g/mol. The van der Waals surface area contributed by atoms with E-state index in [9.17, 15) is 4.39 Å². The minimum atomic E-state index is -0.404. The summed E-state index contributed by atoms with van der Waals surface area (Å²) in [5.74, 6) is -0.404. The van der Waals surface area contributed by atoms with E-state index < -0.39 is 5.82 Å². The van der Waals surface area contributed by atoms with Gasteiger partial charge in [-0.1, -0.05) is 0 Å². The highest BCUT2D eigenvalue weighted by molar-refractivity contribution is 5.59. The molecule has 1 rings (SSSR count). The highest BCUT2D eigenvalue weighted by Crippen LogP contribution is 2.21. The van der Waals surface area contributed by atoms with Crippen LogP contribution < -0.4 is 4.90 Å². The lowest BCUT2D eigenvalue weighted by Gasteiger charge is -2.23. The molecule has 0 unspecified atom stereocenters. The quantitative estimate of drug-likeness (QED) is 0.827. The van der Waals surface area contributed by atoms with E-state index in [1.807, 2.05) is 17.9 Å². The highest BCUT2D eigenvalue weighted by Gasteiger charge is 2.10. The molecule has 1 aromatic carbocycles. The first-order chi connectivity index (χ1) is 7.72. The number of nitrogens with zero attached hydrogens (tertiary/aromatic N) is 2. The van der Waals surface area contributed by atoms with E-state index in [0.29, 0.717) is 18.5 Å². The van der Waals surface area contributed by atoms with Crippen LogP contribution in [-0.4, -0.2) is 24.8 Å². The Morgan fingerprint density at radius 1 is 1.50 bits per heavy atom. The van der Waals surface area contributed by atoms with Gasteiger partial charge in [0.2, 0.25) is 0 Å². The zero-order valence-electron chi connectivity index (χ0n) is 9.28. The number of rotatable bonds is 5. The van der Waals surface area contributed by atoms with Crippen molar-refractivity contribution in [3.05, 3.63) is 29.6 Å². The van der Waals surface area contributed by atoms with Gasteiger partial charge in [0.1, 0.15) is 11.9 Å². The molecule has 0 amide bonds. The maximum absolute atomic E-state index is 12.9. The normalized spacial score (nSPS) is 9.88. The molecule has 86 valence electrons. The predicted octanol–water partition coefficient (Wildman–Crippen LogP) is 1.91. The van der Waals surface area contributed by atoms with Crippen LogP contribution in [0.5, 0.6) is 0 Å². The van der Waals surface area contributed by atoms with Crippen molar-refractivity contribution < 1.29 is 9.50 Å². The van der Waals surface area contributed by atoms with Crippen LogP contribution in [0.15, 0.2) is 18.2 Å². The second-order valence-corrected chi connectivity index (χ2v) is 3.43. The molecule has 0 aliphatic carbocycles. The van der Waals surface area contributed by atoms with Crippen molar-refractivity contribution in [1.82, 2.24) is 0 Å². The Hall–Kier alpha value is -1.60. The van der Waals surface area contributed by atoms with Gasteiger partial charge in [0.15, 0.2) is 0 Å². The Balaban J connectivity index is 2.96. The molecule has 4 heteroatoms. The first-order valence-corrected chi connectivity index (χ1v) is 5.28. The molecule has 0 bridgehead atoms. The molecule has 0 aliphatic rings. The molecule has 1 N–H and O–H groups in total. The van der Waals surface area contributed by atoms with Crippen molar-refractivity contribution in [3.8, 4) is 6.07 Å². The first-order valence-electron chi connectivity index (χ1n) is 5.28. The van der Waals surface area contributed by atoms with Gasteiger partial charge in [0, 0.05) is 19.7 Å². The van der Waals surface area contributed by atoms with E-state index in [1.54, 1.807) is 6.07 Å². The van der Waals surface area contributed by atoms with Crippen LogP contribution in [0.3, 0.4) is 0 Å². The molecule has 3 nitrogen and oxygen atoms in total. The zero-order valence-corrected chi connectivity index (χ0v) is 9.28. The topological polar surface area (TPSA) is 47.3 Å². The monoisotopic (exact) mass is 222 g/mol. The molecule has 0 saturated carbocycles. The summed E-state index contributed by atoms with van der Waals surface area (Å²) in [5, 5.41) is 17.7. The van der Waals surface area contributed by atoms with Crippen molar-refractivity contribution in [1.29, 1.82) is 5.26 Å². The lowest BCUT2D eigenvalue weighted by Crippen LogP contribution is -2.25. The third-order valence-corrected chi connectivity index (χ3v) is 2.39. The number of hydrogen-bond donors (Lipinski definition) is 1. The average Bonchev–Trinajstić information content (AvgIpc) is 2.31. The number of aliphatic hydroxyl groups is 1. The van der Waals surface area contributed by atoms with Gasteiger partial charge >= 0.3 is 0 Å². The Kier molecular flexibility index (Phi) is 4.74. The van der Waals surface area contributed by atoms with Crippen LogP contribution in [0, 0.1) is 17.1 Å². The summed E-state index contributed by atoms with van der Waals surface area (Å²) in [7, 11) is 0. The minimum Gasteiger partial charge on any atom is -0.396 e.